The number of hydrogen-bond donors (Lipinski definition) is 6. The van der Waals surface area contributed by atoms with E-state index in [1.165, 1.54) is 60.7 Å². The van der Waals surface area contributed by atoms with E-state index in [1.807, 2.05) is 27.7 Å². The third kappa shape index (κ3) is 7.86. The fourth-order valence-electron chi connectivity index (χ4n) is 6.95. The Morgan fingerprint density at radius 2 is 1.06 bits per heavy atom. The zero-order valence-corrected chi connectivity index (χ0v) is 34.4. The summed E-state index contributed by atoms with van der Waals surface area (Å²) < 4.78 is 11.3. The molecular formula is C48H37N3O13. The number of aromatic nitrogens is 2. The molecule has 0 unspecified atom stereocenters. The lowest BCUT2D eigenvalue weighted by molar-refractivity contribution is 0.0810. The minimum absolute atomic E-state index is 0.00791. The number of nitrogens with two attached hydrogens (primary N) is 1. The van der Waals surface area contributed by atoms with Gasteiger partial charge in [-0.05, 0) is 42.5 Å². The summed E-state index contributed by atoms with van der Waals surface area (Å²) in [7, 11) is 0. The van der Waals surface area contributed by atoms with E-state index < -0.39 is 23.1 Å². The molecule has 3 aliphatic carbocycles. The molecule has 2 heterocycles. The molecule has 5 aromatic carbocycles. The van der Waals surface area contributed by atoms with Crippen LogP contribution in [0, 0.1) is 0 Å². The summed E-state index contributed by atoms with van der Waals surface area (Å²) in [6.45, 7) is 7.74. The first kappa shape index (κ1) is 43.4. The zero-order chi connectivity index (χ0) is 46.3. The molecule has 64 heavy (non-hydrogen) atoms. The van der Waals surface area contributed by atoms with E-state index in [2.05, 4.69) is 9.97 Å². The van der Waals surface area contributed by atoms with Gasteiger partial charge in [0.25, 0.3) is 5.78 Å². The molecule has 0 atom stereocenters. The number of phenolic OH excluding ortho intramolecular Hbond substituents is 5. The number of aromatic hydroxyl groups is 5. The van der Waals surface area contributed by atoms with Gasteiger partial charge in [-0.2, -0.15) is 0 Å². The Hall–Kier alpha value is -8.66. The van der Waals surface area contributed by atoms with Gasteiger partial charge in [-0.3, -0.25) is 28.8 Å². The van der Waals surface area contributed by atoms with Crippen LogP contribution < -0.4 is 5.73 Å². The summed E-state index contributed by atoms with van der Waals surface area (Å²) in [5.74, 6) is -1.93. The van der Waals surface area contributed by atoms with Crippen LogP contribution in [0.25, 0.3) is 33.2 Å². The van der Waals surface area contributed by atoms with Crippen molar-refractivity contribution in [3.8, 4) is 40.1 Å². The van der Waals surface area contributed by atoms with E-state index >= 15 is 0 Å². The number of fused-ring (bicyclic) bond motifs is 8. The number of rotatable bonds is 2. The largest absolute Gasteiger partial charge is 0.507 e. The predicted molar refractivity (Wildman–Crippen MR) is 230 cm³/mol. The number of phenols is 5. The topological polar surface area (TPSA) is 282 Å². The van der Waals surface area contributed by atoms with Crippen LogP contribution in [0.3, 0.4) is 0 Å². The van der Waals surface area contributed by atoms with Gasteiger partial charge in [-0.25, -0.2) is 9.97 Å². The molecule has 3 aliphatic rings. The van der Waals surface area contributed by atoms with E-state index in [1.54, 1.807) is 30.3 Å². The Balaban J connectivity index is 0.000000129. The van der Waals surface area contributed by atoms with Crippen molar-refractivity contribution in [3.05, 3.63) is 148 Å². The maximum absolute atomic E-state index is 12.0. The van der Waals surface area contributed by atoms with Crippen LogP contribution in [0.1, 0.15) is 114 Å². The summed E-state index contributed by atoms with van der Waals surface area (Å²) in [5, 5.41) is 49.3. The van der Waals surface area contributed by atoms with Crippen LogP contribution in [0.15, 0.2) is 112 Å². The molecule has 0 bridgehead atoms. The standard InChI is InChI=1S/C14H11NO4.C14H13NO3.C10H7NO3.C10H6O3/c1-6(2)14-15-10-12(18)11(17)9-7(13(10)19-14)4-3-5-8(9)16;1-7(2)14-15-9-6-11(17)12-8(13(9)18-14)4-3-5-10(12)16;11-6-4-8(13)9-5(10(6)14)2-1-3-7(9)12;11-7-4-5-9(13)10-6(7)2-1-3-8(10)12/h3-6,16H,1-2H3;3-7,16-17H,1-2H3;1-4,12H,11H2;1-5,12H. The number of allylic oxidation sites excluding steroid dienone is 4. The fourth-order valence-corrected chi connectivity index (χ4v) is 6.95. The minimum Gasteiger partial charge on any atom is -0.507 e. The average Bonchev–Trinajstić information content (AvgIpc) is 3.91. The van der Waals surface area contributed by atoms with Crippen LogP contribution >= 0.6 is 0 Å². The van der Waals surface area contributed by atoms with Gasteiger partial charge in [0.1, 0.15) is 34.3 Å². The van der Waals surface area contributed by atoms with Crippen molar-refractivity contribution in [2.75, 3.05) is 0 Å². The Morgan fingerprint density at radius 3 is 1.69 bits per heavy atom. The van der Waals surface area contributed by atoms with Gasteiger partial charge >= 0.3 is 0 Å². The Kier molecular flexibility index (Phi) is 11.5. The molecule has 7 N–H and O–H groups in total. The highest BCUT2D eigenvalue weighted by Crippen LogP contribution is 2.40. The SMILES string of the molecule is CC(C)c1nc2c(o1)-c1cccc(O)c1C(=O)C2=O.CC(C)c1nc2cc(O)c3c(O)cccc3c2o1.NC1=CC(=O)c2c(O)cccc2C1=O.O=C1C=CC(=O)c2c(O)cccc21. The van der Waals surface area contributed by atoms with E-state index in [9.17, 15) is 54.3 Å². The molecule has 7 aromatic rings. The highest BCUT2D eigenvalue weighted by molar-refractivity contribution is 6.52. The van der Waals surface area contributed by atoms with E-state index in [4.69, 9.17) is 14.6 Å². The summed E-state index contributed by atoms with van der Waals surface area (Å²) in [5.41, 5.74) is 7.47. The smallest absolute Gasteiger partial charge is 0.255 e. The molecule has 0 saturated heterocycles. The second-order valence-corrected chi connectivity index (χ2v) is 15.1. The molecule has 0 fully saturated rings. The number of Topliss-reactive ketones (excluding diaryl/α,β-unsaturated/α-hetero) is 3. The number of nitrogens with zero attached hydrogens (tertiary/aromatic N) is 2. The molecule has 0 spiro atoms. The Morgan fingerprint density at radius 1 is 0.531 bits per heavy atom. The number of carbonyl (C=O) groups is 6. The van der Waals surface area contributed by atoms with Gasteiger partial charge < -0.3 is 40.1 Å². The number of ketones is 6. The Labute approximate surface area is 362 Å². The first-order valence-corrected chi connectivity index (χ1v) is 19.5. The lowest BCUT2D eigenvalue weighted by Crippen LogP contribution is -2.21. The molecular weight excluding hydrogens is 827 g/mol. The highest BCUT2D eigenvalue weighted by atomic mass is 16.4. The third-order valence-electron chi connectivity index (χ3n) is 10.1. The maximum Gasteiger partial charge on any atom is 0.255 e. The van der Waals surface area contributed by atoms with Crippen molar-refractivity contribution in [2.45, 2.75) is 39.5 Å². The Bertz CT molecular complexity index is 3200. The van der Waals surface area contributed by atoms with Gasteiger partial charge in [0.2, 0.25) is 11.6 Å². The van der Waals surface area contributed by atoms with E-state index in [-0.39, 0.29) is 97.1 Å². The lowest BCUT2D eigenvalue weighted by atomic mass is 9.90. The highest BCUT2D eigenvalue weighted by Gasteiger charge is 2.37. The second-order valence-electron chi connectivity index (χ2n) is 15.1. The van der Waals surface area contributed by atoms with Gasteiger partial charge in [-0.1, -0.05) is 70.2 Å². The predicted octanol–water partition coefficient (Wildman–Crippen LogP) is 8.01. The van der Waals surface area contributed by atoms with Crippen molar-refractivity contribution in [1.82, 2.24) is 9.97 Å². The fraction of sp³-hybridized carbons (Fsp3) is 0.125. The molecule has 322 valence electrons. The molecule has 16 heteroatoms. The van der Waals surface area contributed by atoms with Gasteiger partial charge in [-0.15, -0.1) is 0 Å². The summed E-state index contributed by atoms with van der Waals surface area (Å²) in [6, 6.07) is 20.0. The van der Waals surface area contributed by atoms with Crippen LogP contribution in [0.5, 0.6) is 28.7 Å². The lowest BCUT2D eigenvalue weighted by Gasteiger charge is -2.12. The van der Waals surface area contributed by atoms with Crippen molar-refractivity contribution in [2.24, 2.45) is 5.73 Å². The molecule has 10 rings (SSSR count). The number of carbonyl (C=O) groups excluding carboxylic acids is 6. The molecule has 2 aromatic heterocycles. The average molecular weight is 864 g/mol. The molecule has 0 amide bonds. The summed E-state index contributed by atoms with van der Waals surface area (Å²) >= 11 is 0. The van der Waals surface area contributed by atoms with Crippen LogP contribution in [-0.4, -0.2) is 70.2 Å². The van der Waals surface area contributed by atoms with E-state index in [0.29, 0.717) is 39.2 Å². The van der Waals surface area contributed by atoms with Crippen molar-refractivity contribution < 1.29 is 63.1 Å². The van der Waals surface area contributed by atoms with E-state index in [0.717, 1.165) is 6.08 Å². The number of hydrogen-bond acceptors (Lipinski definition) is 16. The minimum atomic E-state index is -0.746. The molecule has 0 saturated carbocycles. The number of oxazole rings is 2. The first-order valence-electron chi connectivity index (χ1n) is 19.5. The molecule has 0 radical (unpaired) electrons. The second kappa shape index (κ2) is 17.0. The summed E-state index contributed by atoms with van der Waals surface area (Å²) in [4.78, 5) is 77.7. The van der Waals surface area contributed by atoms with Crippen molar-refractivity contribution in [3.63, 3.8) is 0 Å². The molecule has 16 nitrogen and oxygen atoms in total. The monoisotopic (exact) mass is 863 g/mol. The third-order valence-corrected chi connectivity index (χ3v) is 10.1. The van der Waals surface area contributed by atoms with Crippen LogP contribution in [0.4, 0.5) is 0 Å². The van der Waals surface area contributed by atoms with Crippen molar-refractivity contribution >= 4 is 56.6 Å². The maximum atomic E-state index is 12.0. The van der Waals surface area contributed by atoms with Gasteiger partial charge in [0.15, 0.2) is 46.2 Å². The molecule has 0 aliphatic heterocycles. The van der Waals surface area contributed by atoms with Gasteiger partial charge in [0, 0.05) is 46.1 Å². The zero-order valence-electron chi connectivity index (χ0n) is 34.4. The summed E-state index contributed by atoms with van der Waals surface area (Å²) in [6.07, 6.45) is 3.42. The first-order chi connectivity index (χ1) is 30.4. The van der Waals surface area contributed by atoms with Crippen LogP contribution in [-0.2, 0) is 0 Å². The van der Waals surface area contributed by atoms with Crippen LogP contribution in [0.2, 0.25) is 0 Å². The van der Waals surface area contributed by atoms with Gasteiger partial charge in [0.05, 0.1) is 27.8 Å². The van der Waals surface area contributed by atoms with Crippen molar-refractivity contribution in [1.29, 1.82) is 0 Å². The number of benzene rings is 5. The normalized spacial score (nSPS) is 13.6. The quantitative estimate of drug-likeness (QED) is 0.0897.